The van der Waals surface area contributed by atoms with Crippen LogP contribution in [-0.4, -0.2) is 51.2 Å². The Morgan fingerprint density at radius 1 is 1.35 bits per heavy atom. The van der Waals surface area contributed by atoms with E-state index in [1.807, 2.05) is 0 Å². The third kappa shape index (κ3) is 2.79. The van der Waals surface area contributed by atoms with Crippen LogP contribution in [-0.2, 0) is 9.59 Å². The van der Waals surface area contributed by atoms with Crippen molar-refractivity contribution >= 4 is 17.9 Å². The molecule has 2 N–H and O–H groups in total. The summed E-state index contributed by atoms with van der Waals surface area (Å²) in [7, 11) is 0. The Labute approximate surface area is 115 Å². The Morgan fingerprint density at radius 2 is 2.15 bits per heavy atom. The number of carboxylic acid groups (broad SMARTS) is 1. The number of rotatable bonds is 5. The van der Waals surface area contributed by atoms with Gasteiger partial charge in [-0.15, -0.1) is 5.10 Å². The van der Waals surface area contributed by atoms with Gasteiger partial charge in [-0.25, -0.2) is 0 Å². The number of likely N-dealkylation sites (tertiary alicyclic amines) is 1. The van der Waals surface area contributed by atoms with Crippen molar-refractivity contribution in [1.29, 1.82) is 0 Å². The van der Waals surface area contributed by atoms with Crippen molar-refractivity contribution in [2.24, 2.45) is 0 Å². The summed E-state index contributed by atoms with van der Waals surface area (Å²) in [6.07, 6.45) is 3.46. The summed E-state index contributed by atoms with van der Waals surface area (Å²) in [5.74, 6) is -0.318. The van der Waals surface area contributed by atoms with Crippen LogP contribution in [0.4, 0.5) is 6.01 Å². The molecule has 8 nitrogen and oxygen atoms in total. The van der Waals surface area contributed by atoms with Crippen LogP contribution in [0.1, 0.15) is 37.5 Å². The van der Waals surface area contributed by atoms with Crippen LogP contribution in [0.3, 0.4) is 0 Å². The molecule has 20 heavy (non-hydrogen) atoms. The maximum absolute atomic E-state index is 11.9. The maximum Gasteiger partial charge on any atom is 0.322 e. The molecule has 1 aliphatic heterocycles. The van der Waals surface area contributed by atoms with E-state index in [4.69, 9.17) is 9.52 Å². The van der Waals surface area contributed by atoms with Crippen LogP contribution >= 0.6 is 0 Å². The lowest BCUT2D eigenvalue weighted by Gasteiger charge is -2.19. The molecule has 1 unspecified atom stereocenters. The van der Waals surface area contributed by atoms with Gasteiger partial charge in [-0.2, -0.15) is 0 Å². The highest BCUT2D eigenvalue weighted by Crippen LogP contribution is 2.39. The van der Waals surface area contributed by atoms with Crippen LogP contribution in [0.2, 0.25) is 0 Å². The second-order valence-corrected chi connectivity index (χ2v) is 5.23. The van der Waals surface area contributed by atoms with Crippen molar-refractivity contribution in [1.82, 2.24) is 15.1 Å². The number of carbonyl (C=O) groups is 2. The minimum atomic E-state index is -0.885. The molecular formula is C12H16N4O4. The molecule has 108 valence electrons. The number of carboxylic acids is 1. The molecule has 0 bridgehead atoms. The average Bonchev–Trinajstić information content (AvgIpc) is 2.96. The lowest BCUT2D eigenvalue weighted by molar-refractivity contribution is -0.142. The average molecular weight is 280 g/mol. The molecule has 1 aliphatic carbocycles. The van der Waals surface area contributed by atoms with Crippen molar-refractivity contribution in [3.8, 4) is 0 Å². The standard InChI is InChI=1S/C12H16N4O4/c17-9(6-16-5-1-2-8(16)11(18)19)13-12-15-14-10(20-12)7-3-4-7/h7-8H,1-6H2,(H,18,19)(H,13,15,17). The molecule has 0 aromatic carbocycles. The van der Waals surface area contributed by atoms with Crippen molar-refractivity contribution in [2.75, 3.05) is 18.4 Å². The highest BCUT2D eigenvalue weighted by Gasteiger charge is 2.32. The Hall–Kier alpha value is -1.96. The maximum atomic E-state index is 11.9. The minimum Gasteiger partial charge on any atom is -0.480 e. The van der Waals surface area contributed by atoms with Crippen molar-refractivity contribution < 1.29 is 19.1 Å². The number of aliphatic carboxylic acids is 1. The van der Waals surface area contributed by atoms with E-state index in [9.17, 15) is 9.59 Å². The topological polar surface area (TPSA) is 109 Å². The number of hydrogen-bond acceptors (Lipinski definition) is 6. The molecule has 1 amide bonds. The van der Waals surface area contributed by atoms with Gasteiger partial charge >= 0.3 is 12.0 Å². The van der Waals surface area contributed by atoms with Crippen molar-refractivity contribution in [3.05, 3.63) is 5.89 Å². The van der Waals surface area contributed by atoms with Gasteiger partial charge in [0.05, 0.1) is 6.54 Å². The normalized spacial score (nSPS) is 22.9. The quantitative estimate of drug-likeness (QED) is 0.805. The summed E-state index contributed by atoms with van der Waals surface area (Å²) < 4.78 is 5.33. The summed E-state index contributed by atoms with van der Waals surface area (Å²) in [6, 6.07) is -0.492. The number of nitrogens with one attached hydrogen (secondary N) is 1. The van der Waals surface area contributed by atoms with Crippen molar-refractivity contribution in [3.63, 3.8) is 0 Å². The lowest BCUT2D eigenvalue weighted by atomic mass is 10.2. The van der Waals surface area contributed by atoms with E-state index in [0.29, 0.717) is 24.8 Å². The van der Waals surface area contributed by atoms with Gasteiger partial charge in [-0.3, -0.25) is 19.8 Å². The Kier molecular flexibility index (Phi) is 3.39. The second kappa shape index (κ2) is 5.20. The van der Waals surface area contributed by atoms with Crippen LogP contribution in [0, 0.1) is 0 Å². The third-order valence-electron chi connectivity index (χ3n) is 3.61. The number of carbonyl (C=O) groups excluding carboxylic acids is 1. The van der Waals surface area contributed by atoms with E-state index >= 15 is 0 Å². The summed E-state index contributed by atoms with van der Waals surface area (Å²) in [5.41, 5.74) is 0. The molecule has 2 fully saturated rings. The van der Waals surface area contributed by atoms with Gasteiger partial charge in [-0.05, 0) is 32.2 Å². The van der Waals surface area contributed by atoms with Gasteiger partial charge in [0, 0.05) is 5.92 Å². The molecule has 1 saturated carbocycles. The fraction of sp³-hybridized carbons (Fsp3) is 0.667. The fourth-order valence-corrected chi connectivity index (χ4v) is 2.42. The number of nitrogens with zero attached hydrogens (tertiary/aromatic N) is 3. The summed E-state index contributed by atoms with van der Waals surface area (Å²) in [5, 5.41) is 19.2. The zero-order valence-corrected chi connectivity index (χ0v) is 10.9. The van der Waals surface area contributed by atoms with E-state index < -0.39 is 12.0 Å². The molecule has 1 aromatic rings. The summed E-state index contributed by atoms with van der Waals surface area (Å²) in [4.78, 5) is 24.5. The number of anilines is 1. The molecule has 0 spiro atoms. The number of hydrogen-bond donors (Lipinski definition) is 2. The molecule has 0 radical (unpaired) electrons. The zero-order valence-electron chi connectivity index (χ0n) is 10.9. The molecule has 3 rings (SSSR count). The molecule has 2 heterocycles. The van der Waals surface area contributed by atoms with E-state index in [0.717, 1.165) is 19.3 Å². The fourth-order valence-electron chi connectivity index (χ4n) is 2.42. The van der Waals surface area contributed by atoms with Gasteiger partial charge in [0.2, 0.25) is 11.8 Å². The number of amides is 1. The molecule has 1 aromatic heterocycles. The predicted molar refractivity (Wildman–Crippen MR) is 67.1 cm³/mol. The van der Waals surface area contributed by atoms with Crippen LogP contribution in [0.15, 0.2) is 4.42 Å². The number of aromatic nitrogens is 2. The van der Waals surface area contributed by atoms with Gasteiger partial charge in [0.25, 0.3) is 0 Å². The largest absolute Gasteiger partial charge is 0.480 e. The highest BCUT2D eigenvalue weighted by molar-refractivity contribution is 5.90. The summed E-state index contributed by atoms with van der Waals surface area (Å²) >= 11 is 0. The van der Waals surface area contributed by atoms with Crippen molar-refractivity contribution in [2.45, 2.75) is 37.6 Å². The minimum absolute atomic E-state index is 0.0259. The first kappa shape index (κ1) is 13.0. The first-order valence-electron chi connectivity index (χ1n) is 6.73. The highest BCUT2D eigenvalue weighted by atomic mass is 16.4. The Morgan fingerprint density at radius 3 is 2.85 bits per heavy atom. The SMILES string of the molecule is O=C(CN1CCCC1C(=O)O)Nc1nnc(C2CC2)o1. The van der Waals surface area contributed by atoms with Gasteiger partial charge in [-0.1, -0.05) is 5.10 Å². The smallest absolute Gasteiger partial charge is 0.322 e. The first-order valence-corrected chi connectivity index (χ1v) is 6.73. The van der Waals surface area contributed by atoms with Gasteiger partial charge in [0.15, 0.2) is 0 Å². The third-order valence-corrected chi connectivity index (χ3v) is 3.61. The summed E-state index contributed by atoms with van der Waals surface area (Å²) in [6.45, 7) is 0.639. The molecule has 8 heteroatoms. The zero-order chi connectivity index (χ0) is 14.1. The van der Waals surface area contributed by atoms with Crippen LogP contribution in [0.5, 0.6) is 0 Å². The van der Waals surface area contributed by atoms with Crippen LogP contribution < -0.4 is 5.32 Å². The molecular weight excluding hydrogens is 264 g/mol. The van der Waals surface area contributed by atoms with Gasteiger partial charge in [0.1, 0.15) is 6.04 Å². The molecule has 2 aliphatic rings. The predicted octanol–water partition coefficient (Wildman–Crippen LogP) is 0.434. The van der Waals surface area contributed by atoms with E-state index in [1.54, 1.807) is 4.90 Å². The van der Waals surface area contributed by atoms with Gasteiger partial charge < -0.3 is 9.52 Å². The monoisotopic (exact) mass is 280 g/mol. The molecule has 1 atom stereocenters. The van der Waals surface area contributed by atoms with E-state index in [2.05, 4.69) is 15.5 Å². The first-order chi connectivity index (χ1) is 9.63. The van der Waals surface area contributed by atoms with E-state index in [1.165, 1.54) is 0 Å². The molecule has 1 saturated heterocycles. The van der Waals surface area contributed by atoms with E-state index in [-0.39, 0.29) is 18.5 Å². The Bertz CT molecular complexity index is 525. The van der Waals surface area contributed by atoms with Crippen LogP contribution in [0.25, 0.3) is 0 Å². The Balaban J connectivity index is 1.54. The second-order valence-electron chi connectivity index (χ2n) is 5.23. The lowest BCUT2D eigenvalue weighted by Crippen LogP contribution is -2.40.